The highest BCUT2D eigenvalue weighted by Crippen LogP contribution is 2.18. The third-order valence-electron chi connectivity index (χ3n) is 2.63. The first-order valence-corrected chi connectivity index (χ1v) is 5.63. The van der Waals surface area contributed by atoms with Crippen molar-refractivity contribution >= 4 is 5.78 Å². The average molecular weight is 211 g/mol. The Morgan fingerprint density at radius 1 is 1.53 bits per heavy atom. The first-order chi connectivity index (χ1) is 7.15. The molecule has 86 valence electrons. The summed E-state index contributed by atoms with van der Waals surface area (Å²) in [5.41, 5.74) is 0.932. The van der Waals surface area contributed by atoms with Crippen molar-refractivity contribution in [2.75, 3.05) is 19.8 Å². The predicted octanol–water partition coefficient (Wildman–Crippen LogP) is 1.54. The van der Waals surface area contributed by atoms with E-state index in [1.807, 2.05) is 6.92 Å². The van der Waals surface area contributed by atoms with E-state index in [0.29, 0.717) is 19.6 Å². The van der Waals surface area contributed by atoms with Gasteiger partial charge in [0, 0.05) is 12.5 Å². The summed E-state index contributed by atoms with van der Waals surface area (Å²) >= 11 is 0. The molecule has 1 saturated heterocycles. The SMILES string of the molecule is C=C(C)CC(=O)C1COCC1NCCC. The maximum absolute atomic E-state index is 11.8. The monoisotopic (exact) mass is 211 g/mol. The molecule has 1 fully saturated rings. The van der Waals surface area contributed by atoms with E-state index in [2.05, 4.69) is 18.8 Å². The Morgan fingerprint density at radius 3 is 2.87 bits per heavy atom. The Morgan fingerprint density at radius 2 is 2.27 bits per heavy atom. The largest absolute Gasteiger partial charge is 0.379 e. The van der Waals surface area contributed by atoms with Crippen LogP contribution in [-0.2, 0) is 9.53 Å². The third-order valence-corrected chi connectivity index (χ3v) is 2.63. The number of Topliss-reactive ketones (excluding diaryl/α,β-unsaturated/α-hetero) is 1. The fraction of sp³-hybridized carbons (Fsp3) is 0.750. The first kappa shape index (κ1) is 12.4. The highest BCUT2D eigenvalue weighted by atomic mass is 16.5. The zero-order chi connectivity index (χ0) is 11.3. The van der Waals surface area contributed by atoms with Crippen LogP contribution >= 0.6 is 0 Å². The zero-order valence-electron chi connectivity index (χ0n) is 9.71. The summed E-state index contributed by atoms with van der Waals surface area (Å²) in [5, 5.41) is 3.36. The van der Waals surface area contributed by atoms with Crippen LogP contribution in [0.5, 0.6) is 0 Å². The van der Waals surface area contributed by atoms with Gasteiger partial charge in [-0.2, -0.15) is 0 Å². The van der Waals surface area contributed by atoms with Crippen LogP contribution in [0.4, 0.5) is 0 Å². The number of ketones is 1. The van der Waals surface area contributed by atoms with Gasteiger partial charge in [-0.1, -0.05) is 19.1 Å². The van der Waals surface area contributed by atoms with Crippen LogP contribution in [0.1, 0.15) is 26.7 Å². The van der Waals surface area contributed by atoms with Crippen molar-refractivity contribution in [2.24, 2.45) is 5.92 Å². The Balaban J connectivity index is 2.44. The van der Waals surface area contributed by atoms with Crippen LogP contribution in [0.3, 0.4) is 0 Å². The molecule has 1 N–H and O–H groups in total. The number of hydrogen-bond acceptors (Lipinski definition) is 3. The molecule has 0 bridgehead atoms. The normalized spacial score (nSPS) is 25.5. The lowest BCUT2D eigenvalue weighted by Crippen LogP contribution is -2.39. The van der Waals surface area contributed by atoms with Gasteiger partial charge in [-0.25, -0.2) is 0 Å². The summed E-state index contributed by atoms with van der Waals surface area (Å²) in [6.07, 6.45) is 1.57. The Bertz CT molecular complexity index is 238. The Kier molecular flexibility index (Phi) is 4.99. The molecule has 1 aliphatic rings. The van der Waals surface area contributed by atoms with Crippen molar-refractivity contribution in [3.05, 3.63) is 12.2 Å². The van der Waals surface area contributed by atoms with E-state index < -0.39 is 0 Å². The van der Waals surface area contributed by atoms with Gasteiger partial charge in [0.2, 0.25) is 0 Å². The van der Waals surface area contributed by atoms with Gasteiger partial charge in [0.05, 0.1) is 19.1 Å². The lowest BCUT2D eigenvalue weighted by atomic mass is 9.94. The fourth-order valence-electron chi connectivity index (χ4n) is 1.83. The van der Waals surface area contributed by atoms with Gasteiger partial charge in [-0.05, 0) is 19.9 Å². The highest BCUT2D eigenvalue weighted by molar-refractivity contribution is 5.84. The molecule has 3 heteroatoms. The molecule has 0 saturated carbocycles. The van der Waals surface area contributed by atoms with Crippen molar-refractivity contribution in [3.63, 3.8) is 0 Å². The summed E-state index contributed by atoms with van der Waals surface area (Å²) in [5.74, 6) is 0.279. The average Bonchev–Trinajstić information content (AvgIpc) is 2.61. The Hall–Kier alpha value is -0.670. The number of hydrogen-bond donors (Lipinski definition) is 1. The fourth-order valence-corrected chi connectivity index (χ4v) is 1.83. The standard InChI is InChI=1S/C12H21NO2/c1-4-5-13-11-8-15-7-10(11)12(14)6-9(2)3/h10-11,13H,2,4-8H2,1,3H3. The summed E-state index contributed by atoms with van der Waals surface area (Å²) in [6, 6.07) is 0.205. The second kappa shape index (κ2) is 6.03. The molecule has 0 radical (unpaired) electrons. The van der Waals surface area contributed by atoms with Crippen molar-refractivity contribution in [2.45, 2.75) is 32.7 Å². The van der Waals surface area contributed by atoms with Crippen molar-refractivity contribution in [1.29, 1.82) is 0 Å². The molecule has 0 aromatic carbocycles. The summed E-state index contributed by atoms with van der Waals surface area (Å²) < 4.78 is 5.36. The number of carbonyl (C=O) groups is 1. The highest BCUT2D eigenvalue weighted by Gasteiger charge is 2.32. The zero-order valence-corrected chi connectivity index (χ0v) is 9.71. The molecule has 2 unspecified atom stereocenters. The van der Waals surface area contributed by atoms with Gasteiger partial charge in [-0.15, -0.1) is 0 Å². The quantitative estimate of drug-likeness (QED) is 0.677. The number of allylic oxidation sites excluding steroid dienone is 1. The first-order valence-electron chi connectivity index (χ1n) is 5.63. The van der Waals surface area contributed by atoms with E-state index in [1.54, 1.807) is 0 Å². The van der Waals surface area contributed by atoms with Gasteiger partial charge >= 0.3 is 0 Å². The number of ether oxygens (including phenoxy) is 1. The van der Waals surface area contributed by atoms with Gasteiger partial charge < -0.3 is 10.1 Å². The van der Waals surface area contributed by atoms with Crippen molar-refractivity contribution < 1.29 is 9.53 Å². The van der Waals surface area contributed by atoms with E-state index in [4.69, 9.17) is 4.74 Å². The number of carbonyl (C=O) groups excluding carboxylic acids is 1. The van der Waals surface area contributed by atoms with Crippen LogP contribution < -0.4 is 5.32 Å². The molecule has 0 aromatic rings. The minimum atomic E-state index is 0.0215. The van der Waals surface area contributed by atoms with E-state index in [0.717, 1.165) is 18.5 Å². The summed E-state index contributed by atoms with van der Waals surface area (Å²) in [4.78, 5) is 11.8. The van der Waals surface area contributed by atoms with Gasteiger partial charge in [0.25, 0.3) is 0 Å². The van der Waals surface area contributed by atoms with Crippen LogP contribution in [0.25, 0.3) is 0 Å². The third kappa shape index (κ3) is 3.76. The van der Waals surface area contributed by atoms with Gasteiger partial charge in [-0.3, -0.25) is 4.79 Å². The molecule has 1 aliphatic heterocycles. The van der Waals surface area contributed by atoms with E-state index >= 15 is 0 Å². The smallest absolute Gasteiger partial charge is 0.143 e. The second-order valence-corrected chi connectivity index (χ2v) is 4.30. The lowest BCUT2D eigenvalue weighted by Gasteiger charge is -2.17. The second-order valence-electron chi connectivity index (χ2n) is 4.30. The van der Waals surface area contributed by atoms with Crippen LogP contribution in [0, 0.1) is 5.92 Å². The van der Waals surface area contributed by atoms with Crippen LogP contribution in [-0.4, -0.2) is 31.6 Å². The molecule has 1 heterocycles. The summed E-state index contributed by atoms with van der Waals surface area (Å²) in [6.45, 7) is 9.95. The number of nitrogens with one attached hydrogen (secondary N) is 1. The molecule has 0 spiro atoms. The van der Waals surface area contributed by atoms with E-state index in [9.17, 15) is 4.79 Å². The molecular weight excluding hydrogens is 190 g/mol. The summed E-state index contributed by atoms with van der Waals surface area (Å²) in [7, 11) is 0. The minimum Gasteiger partial charge on any atom is -0.379 e. The molecular formula is C12H21NO2. The molecule has 2 atom stereocenters. The van der Waals surface area contributed by atoms with Gasteiger partial charge in [0.1, 0.15) is 5.78 Å². The predicted molar refractivity (Wildman–Crippen MR) is 60.8 cm³/mol. The lowest BCUT2D eigenvalue weighted by molar-refractivity contribution is -0.122. The van der Waals surface area contributed by atoms with Gasteiger partial charge in [0.15, 0.2) is 0 Å². The molecule has 1 rings (SSSR count). The van der Waals surface area contributed by atoms with Crippen molar-refractivity contribution in [3.8, 4) is 0 Å². The van der Waals surface area contributed by atoms with E-state index in [-0.39, 0.29) is 17.7 Å². The van der Waals surface area contributed by atoms with Crippen molar-refractivity contribution in [1.82, 2.24) is 5.32 Å². The maximum atomic E-state index is 11.8. The van der Waals surface area contributed by atoms with E-state index in [1.165, 1.54) is 0 Å². The molecule has 3 nitrogen and oxygen atoms in total. The maximum Gasteiger partial charge on any atom is 0.143 e. The molecule has 0 amide bonds. The van der Waals surface area contributed by atoms with Crippen LogP contribution in [0.15, 0.2) is 12.2 Å². The molecule has 0 aliphatic carbocycles. The topological polar surface area (TPSA) is 38.3 Å². The molecule has 15 heavy (non-hydrogen) atoms. The van der Waals surface area contributed by atoms with Crippen LogP contribution in [0.2, 0.25) is 0 Å². The Labute approximate surface area is 91.9 Å². The number of rotatable bonds is 6. The molecule has 0 aromatic heterocycles. The minimum absolute atomic E-state index is 0.0215.